The Bertz CT molecular complexity index is 488. The van der Waals surface area contributed by atoms with Crippen LogP contribution in [0.2, 0.25) is 5.02 Å². The Hall–Kier alpha value is -1.19. The molecule has 0 spiro atoms. The van der Waals surface area contributed by atoms with Crippen molar-refractivity contribution in [3.05, 3.63) is 45.1 Å². The molecule has 0 saturated carbocycles. The second-order valence-corrected chi connectivity index (χ2v) is 5.44. The summed E-state index contributed by atoms with van der Waals surface area (Å²) in [7, 11) is 0. The molecule has 4 heteroatoms. The highest BCUT2D eigenvalue weighted by molar-refractivity contribution is 7.12. The van der Waals surface area contributed by atoms with E-state index < -0.39 is 0 Å². The summed E-state index contributed by atoms with van der Waals surface area (Å²) in [6.45, 7) is 2.92. The van der Waals surface area contributed by atoms with Gasteiger partial charge in [0.05, 0.1) is 16.4 Å². The number of aryl methyl sites for hydroxylation is 1. The number of nitrogens with one attached hydrogen (secondary N) is 1. The van der Waals surface area contributed by atoms with Crippen LogP contribution in [0.4, 0.5) is 11.4 Å². The minimum atomic E-state index is 0.664. The van der Waals surface area contributed by atoms with Crippen molar-refractivity contribution in [2.75, 3.05) is 11.1 Å². The molecule has 1 aromatic carbocycles. The second-order valence-electron chi connectivity index (χ2n) is 3.78. The van der Waals surface area contributed by atoms with Gasteiger partial charge in [0.2, 0.25) is 0 Å². The van der Waals surface area contributed by atoms with Gasteiger partial charge in [0.15, 0.2) is 0 Å². The van der Waals surface area contributed by atoms with Gasteiger partial charge < -0.3 is 11.1 Å². The standard InChI is InChI=1S/C13H15ClN2S/c1-2-9-6-7-10(17-9)8-16-13-11(14)4-3-5-12(13)15/h3-7,16H,2,8,15H2,1H3. The molecule has 2 aromatic rings. The number of nitrogen functional groups attached to an aromatic ring is 1. The average Bonchev–Trinajstić information content (AvgIpc) is 2.76. The molecule has 0 atom stereocenters. The Kier molecular flexibility index (Phi) is 3.92. The number of rotatable bonds is 4. The smallest absolute Gasteiger partial charge is 0.0766 e. The van der Waals surface area contributed by atoms with Crippen LogP contribution in [-0.2, 0) is 13.0 Å². The third-order valence-corrected chi connectivity index (χ3v) is 4.10. The van der Waals surface area contributed by atoms with Gasteiger partial charge in [-0.05, 0) is 30.7 Å². The summed E-state index contributed by atoms with van der Waals surface area (Å²) in [6, 6.07) is 9.84. The number of para-hydroxylation sites is 1. The fraction of sp³-hybridized carbons (Fsp3) is 0.231. The SMILES string of the molecule is CCc1ccc(CNc2c(N)cccc2Cl)s1. The van der Waals surface area contributed by atoms with Crippen LogP contribution in [0.1, 0.15) is 16.7 Å². The van der Waals surface area contributed by atoms with Gasteiger partial charge in [0, 0.05) is 16.3 Å². The van der Waals surface area contributed by atoms with Crippen molar-refractivity contribution >= 4 is 34.3 Å². The Morgan fingerprint density at radius 1 is 1.24 bits per heavy atom. The summed E-state index contributed by atoms with van der Waals surface area (Å²) in [5, 5.41) is 3.95. The number of nitrogens with two attached hydrogens (primary N) is 1. The fourth-order valence-corrected chi connectivity index (χ4v) is 2.76. The van der Waals surface area contributed by atoms with Crippen LogP contribution in [-0.4, -0.2) is 0 Å². The van der Waals surface area contributed by atoms with Crippen molar-refractivity contribution in [3.63, 3.8) is 0 Å². The summed E-state index contributed by atoms with van der Waals surface area (Å²) in [5.41, 5.74) is 7.38. The number of benzene rings is 1. The van der Waals surface area contributed by atoms with Crippen LogP contribution >= 0.6 is 22.9 Å². The number of anilines is 2. The molecule has 3 N–H and O–H groups in total. The first kappa shape index (κ1) is 12.3. The Labute approximate surface area is 110 Å². The molecule has 0 aliphatic heterocycles. The van der Waals surface area contributed by atoms with Crippen molar-refractivity contribution in [1.29, 1.82) is 0 Å². The minimum absolute atomic E-state index is 0.664. The van der Waals surface area contributed by atoms with Crippen molar-refractivity contribution in [2.24, 2.45) is 0 Å². The lowest BCUT2D eigenvalue weighted by Gasteiger charge is -2.09. The van der Waals surface area contributed by atoms with E-state index in [9.17, 15) is 0 Å². The van der Waals surface area contributed by atoms with E-state index in [4.69, 9.17) is 17.3 Å². The van der Waals surface area contributed by atoms with Crippen LogP contribution < -0.4 is 11.1 Å². The van der Waals surface area contributed by atoms with E-state index in [1.807, 2.05) is 29.5 Å². The molecule has 1 heterocycles. The second kappa shape index (κ2) is 5.43. The highest BCUT2D eigenvalue weighted by Gasteiger charge is 2.04. The lowest BCUT2D eigenvalue weighted by Crippen LogP contribution is -2.01. The van der Waals surface area contributed by atoms with E-state index in [2.05, 4.69) is 24.4 Å². The van der Waals surface area contributed by atoms with Gasteiger partial charge in [0.25, 0.3) is 0 Å². The molecule has 0 bridgehead atoms. The van der Waals surface area contributed by atoms with Gasteiger partial charge in [-0.3, -0.25) is 0 Å². The molecule has 2 nitrogen and oxygen atoms in total. The van der Waals surface area contributed by atoms with E-state index in [0.29, 0.717) is 10.7 Å². The van der Waals surface area contributed by atoms with Gasteiger partial charge in [-0.15, -0.1) is 11.3 Å². The van der Waals surface area contributed by atoms with E-state index in [0.717, 1.165) is 18.7 Å². The third kappa shape index (κ3) is 2.93. The minimum Gasteiger partial charge on any atom is -0.397 e. The third-order valence-electron chi connectivity index (χ3n) is 2.55. The first-order valence-electron chi connectivity index (χ1n) is 5.56. The largest absolute Gasteiger partial charge is 0.397 e. The van der Waals surface area contributed by atoms with Crippen LogP contribution in [0.3, 0.4) is 0 Å². The van der Waals surface area contributed by atoms with Crippen LogP contribution in [0.5, 0.6) is 0 Å². The zero-order valence-corrected chi connectivity index (χ0v) is 11.2. The van der Waals surface area contributed by atoms with Crippen molar-refractivity contribution in [2.45, 2.75) is 19.9 Å². The molecule has 17 heavy (non-hydrogen) atoms. The van der Waals surface area contributed by atoms with Crippen LogP contribution in [0, 0.1) is 0 Å². The van der Waals surface area contributed by atoms with Crippen molar-refractivity contribution in [3.8, 4) is 0 Å². The molecule has 0 aliphatic carbocycles. The summed E-state index contributed by atoms with van der Waals surface area (Å²) >= 11 is 7.91. The van der Waals surface area contributed by atoms with E-state index >= 15 is 0 Å². The molecule has 1 aromatic heterocycles. The van der Waals surface area contributed by atoms with Gasteiger partial charge in [0.1, 0.15) is 0 Å². The number of halogens is 1. The predicted molar refractivity (Wildman–Crippen MR) is 76.9 cm³/mol. The van der Waals surface area contributed by atoms with E-state index in [1.54, 1.807) is 0 Å². The molecular formula is C13H15ClN2S. The topological polar surface area (TPSA) is 38.0 Å². The molecule has 0 amide bonds. The first-order chi connectivity index (χ1) is 8.20. The molecule has 90 valence electrons. The molecule has 2 rings (SSSR count). The zero-order chi connectivity index (χ0) is 12.3. The molecular weight excluding hydrogens is 252 g/mol. The van der Waals surface area contributed by atoms with Crippen molar-refractivity contribution in [1.82, 2.24) is 0 Å². The Morgan fingerprint density at radius 3 is 2.65 bits per heavy atom. The average molecular weight is 267 g/mol. The lowest BCUT2D eigenvalue weighted by atomic mass is 10.2. The van der Waals surface area contributed by atoms with Gasteiger partial charge in [-0.1, -0.05) is 24.6 Å². The summed E-state index contributed by atoms with van der Waals surface area (Å²) < 4.78 is 0. The van der Waals surface area contributed by atoms with Gasteiger partial charge >= 0.3 is 0 Å². The van der Waals surface area contributed by atoms with Gasteiger partial charge in [-0.2, -0.15) is 0 Å². The number of hydrogen-bond acceptors (Lipinski definition) is 3. The van der Waals surface area contributed by atoms with E-state index in [-0.39, 0.29) is 0 Å². The lowest BCUT2D eigenvalue weighted by molar-refractivity contribution is 1.19. The summed E-state index contributed by atoms with van der Waals surface area (Å²) in [4.78, 5) is 2.69. The Morgan fingerprint density at radius 2 is 2.00 bits per heavy atom. The van der Waals surface area contributed by atoms with E-state index in [1.165, 1.54) is 9.75 Å². The monoisotopic (exact) mass is 266 g/mol. The zero-order valence-electron chi connectivity index (χ0n) is 9.66. The first-order valence-corrected chi connectivity index (χ1v) is 6.75. The van der Waals surface area contributed by atoms with Crippen molar-refractivity contribution < 1.29 is 0 Å². The number of thiophene rings is 1. The molecule has 0 unspecified atom stereocenters. The highest BCUT2D eigenvalue weighted by atomic mass is 35.5. The normalized spacial score (nSPS) is 10.5. The molecule has 0 fully saturated rings. The quantitative estimate of drug-likeness (QED) is 0.816. The summed E-state index contributed by atoms with van der Waals surface area (Å²) in [6.07, 6.45) is 1.08. The van der Waals surface area contributed by atoms with Crippen LogP contribution in [0.15, 0.2) is 30.3 Å². The summed E-state index contributed by atoms with van der Waals surface area (Å²) in [5.74, 6) is 0. The van der Waals surface area contributed by atoms with Crippen LogP contribution in [0.25, 0.3) is 0 Å². The van der Waals surface area contributed by atoms with Gasteiger partial charge in [-0.25, -0.2) is 0 Å². The fourth-order valence-electron chi connectivity index (χ4n) is 1.61. The Balaban J connectivity index is 2.07. The molecule has 0 radical (unpaired) electrons. The molecule has 0 aliphatic rings. The predicted octanol–water partition coefficient (Wildman–Crippen LogP) is 4.16. The highest BCUT2D eigenvalue weighted by Crippen LogP contribution is 2.29. The maximum Gasteiger partial charge on any atom is 0.0766 e. The number of hydrogen-bond donors (Lipinski definition) is 2. The maximum atomic E-state index is 6.09. The molecule has 0 saturated heterocycles. The maximum absolute atomic E-state index is 6.09.